The SMILES string of the molecule is CC(C)(O)CN1CCCc2cc(Br)cnc21. The van der Waals surface area contributed by atoms with Crippen molar-refractivity contribution in [3.63, 3.8) is 0 Å². The largest absolute Gasteiger partial charge is 0.389 e. The standard InChI is InChI=1S/C12H17BrN2O/c1-12(2,16)8-15-5-3-4-9-6-10(13)7-14-11(9)15/h6-7,16H,3-5,8H2,1-2H3. The summed E-state index contributed by atoms with van der Waals surface area (Å²) in [7, 11) is 0. The van der Waals surface area contributed by atoms with Gasteiger partial charge in [0.25, 0.3) is 0 Å². The molecule has 0 bridgehead atoms. The summed E-state index contributed by atoms with van der Waals surface area (Å²) in [6.07, 6.45) is 4.02. The Morgan fingerprint density at radius 3 is 3.00 bits per heavy atom. The number of fused-ring (bicyclic) bond motifs is 1. The summed E-state index contributed by atoms with van der Waals surface area (Å²) in [5.74, 6) is 1.02. The number of aromatic nitrogens is 1. The molecule has 0 fully saturated rings. The number of aryl methyl sites for hydroxylation is 1. The minimum absolute atomic E-state index is 0.634. The second-order valence-corrected chi connectivity index (χ2v) is 5.89. The molecule has 0 spiro atoms. The summed E-state index contributed by atoms with van der Waals surface area (Å²) < 4.78 is 1.02. The Kier molecular flexibility index (Phi) is 3.22. The Hall–Kier alpha value is -0.610. The summed E-state index contributed by atoms with van der Waals surface area (Å²) >= 11 is 3.44. The smallest absolute Gasteiger partial charge is 0.131 e. The van der Waals surface area contributed by atoms with E-state index in [0.29, 0.717) is 6.54 Å². The Labute approximate surface area is 105 Å². The van der Waals surface area contributed by atoms with Crippen LogP contribution in [0.3, 0.4) is 0 Å². The van der Waals surface area contributed by atoms with Gasteiger partial charge < -0.3 is 10.0 Å². The van der Waals surface area contributed by atoms with E-state index < -0.39 is 5.60 Å². The lowest BCUT2D eigenvalue weighted by Crippen LogP contribution is -2.41. The number of hydrogen-bond donors (Lipinski definition) is 1. The summed E-state index contributed by atoms with van der Waals surface area (Å²) in [6, 6.07) is 2.12. The Bertz CT molecular complexity index is 387. The number of rotatable bonds is 2. The molecule has 16 heavy (non-hydrogen) atoms. The number of hydrogen-bond acceptors (Lipinski definition) is 3. The summed E-state index contributed by atoms with van der Waals surface area (Å²) in [6.45, 7) is 5.28. The first-order chi connectivity index (χ1) is 7.46. The van der Waals surface area contributed by atoms with Gasteiger partial charge in [-0.25, -0.2) is 4.98 Å². The molecule has 0 aromatic carbocycles. The lowest BCUT2D eigenvalue weighted by atomic mass is 10.0. The van der Waals surface area contributed by atoms with Crippen molar-refractivity contribution in [3.8, 4) is 0 Å². The van der Waals surface area contributed by atoms with Crippen LogP contribution in [0.4, 0.5) is 5.82 Å². The average Bonchev–Trinajstić information content (AvgIpc) is 2.15. The van der Waals surface area contributed by atoms with E-state index in [1.807, 2.05) is 20.0 Å². The highest BCUT2D eigenvalue weighted by atomic mass is 79.9. The van der Waals surface area contributed by atoms with Crippen molar-refractivity contribution in [1.82, 2.24) is 4.98 Å². The normalized spacial score (nSPS) is 16.1. The molecule has 1 aliphatic heterocycles. The third kappa shape index (κ3) is 2.74. The summed E-state index contributed by atoms with van der Waals surface area (Å²) in [5.41, 5.74) is 0.591. The molecule has 1 aromatic rings. The molecule has 2 heterocycles. The van der Waals surface area contributed by atoms with Crippen LogP contribution in [0.1, 0.15) is 25.8 Å². The third-order valence-electron chi connectivity index (χ3n) is 2.66. The number of aliphatic hydroxyl groups is 1. The van der Waals surface area contributed by atoms with Gasteiger partial charge in [0.05, 0.1) is 5.60 Å². The minimum atomic E-state index is -0.677. The van der Waals surface area contributed by atoms with Crippen LogP contribution < -0.4 is 4.90 Å². The Morgan fingerprint density at radius 1 is 1.56 bits per heavy atom. The molecule has 0 radical (unpaired) electrons. The topological polar surface area (TPSA) is 36.4 Å². The van der Waals surface area contributed by atoms with Gasteiger partial charge in [-0.2, -0.15) is 0 Å². The second kappa shape index (κ2) is 4.34. The molecule has 1 aromatic heterocycles. The average molecular weight is 285 g/mol. The highest BCUT2D eigenvalue weighted by molar-refractivity contribution is 9.10. The van der Waals surface area contributed by atoms with Crippen molar-refractivity contribution in [1.29, 1.82) is 0 Å². The van der Waals surface area contributed by atoms with Crippen LogP contribution in [0, 0.1) is 0 Å². The maximum absolute atomic E-state index is 9.87. The Balaban J connectivity index is 2.26. The van der Waals surface area contributed by atoms with Crippen molar-refractivity contribution < 1.29 is 5.11 Å². The van der Waals surface area contributed by atoms with Crippen LogP contribution in [0.15, 0.2) is 16.7 Å². The third-order valence-corrected chi connectivity index (χ3v) is 3.09. The summed E-state index contributed by atoms with van der Waals surface area (Å²) in [4.78, 5) is 6.62. The van der Waals surface area contributed by atoms with Crippen molar-refractivity contribution in [2.75, 3.05) is 18.0 Å². The molecule has 0 saturated heterocycles. The number of pyridine rings is 1. The van der Waals surface area contributed by atoms with Crippen LogP contribution in [-0.4, -0.2) is 28.8 Å². The van der Waals surface area contributed by atoms with E-state index in [4.69, 9.17) is 0 Å². The molecule has 0 amide bonds. The zero-order valence-corrected chi connectivity index (χ0v) is 11.3. The number of nitrogens with zero attached hydrogens (tertiary/aromatic N) is 2. The van der Waals surface area contributed by atoms with E-state index in [1.54, 1.807) is 0 Å². The fraction of sp³-hybridized carbons (Fsp3) is 0.583. The van der Waals surface area contributed by atoms with Crippen LogP contribution >= 0.6 is 15.9 Å². The monoisotopic (exact) mass is 284 g/mol. The molecular formula is C12H17BrN2O. The van der Waals surface area contributed by atoms with Crippen molar-refractivity contribution >= 4 is 21.7 Å². The molecule has 0 saturated carbocycles. The quantitative estimate of drug-likeness (QED) is 0.906. The van der Waals surface area contributed by atoms with E-state index in [9.17, 15) is 5.11 Å². The van der Waals surface area contributed by atoms with Crippen LogP contribution in [0.2, 0.25) is 0 Å². The zero-order valence-electron chi connectivity index (χ0n) is 9.70. The molecule has 0 aliphatic carbocycles. The van der Waals surface area contributed by atoms with Crippen LogP contribution in [0.5, 0.6) is 0 Å². The number of anilines is 1. The highest BCUT2D eigenvalue weighted by Gasteiger charge is 2.24. The molecule has 0 unspecified atom stereocenters. The number of halogens is 1. The van der Waals surface area contributed by atoms with Gasteiger partial charge >= 0.3 is 0 Å². The van der Waals surface area contributed by atoms with Crippen LogP contribution in [-0.2, 0) is 6.42 Å². The minimum Gasteiger partial charge on any atom is -0.389 e. The molecule has 4 heteroatoms. The Morgan fingerprint density at radius 2 is 2.31 bits per heavy atom. The van der Waals surface area contributed by atoms with E-state index in [0.717, 1.165) is 29.7 Å². The van der Waals surface area contributed by atoms with Gasteiger partial charge in [0.1, 0.15) is 5.82 Å². The van der Waals surface area contributed by atoms with Gasteiger partial charge in [-0.3, -0.25) is 0 Å². The molecule has 1 aliphatic rings. The lowest BCUT2D eigenvalue weighted by Gasteiger charge is -2.34. The van der Waals surface area contributed by atoms with Gasteiger partial charge in [0.2, 0.25) is 0 Å². The molecule has 88 valence electrons. The molecule has 2 rings (SSSR count). The molecule has 3 nitrogen and oxygen atoms in total. The zero-order chi connectivity index (χ0) is 11.8. The first kappa shape index (κ1) is 11.9. The fourth-order valence-corrected chi connectivity index (χ4v) is 2.51. The van der Waals surface area contributed by atoms with Crippen LogP contribution in [0.25, 0.3) is 0 Å². The summed E-state index contributed by atoms with van der Waals surface area (Å²) in [5, 5.41) is 9.87. The first-order valence-corrected chi connectivity index (χ1v) is 6.37. The van der Waals surface area contributed by atoms with Gasteiger partial charge in [-0.1, -0.05) is 0 Å². The van der Waals surface area contributed by atoms with Crippen molar-refractivity contribution in [2.24, 2.45) is 0 Å². The number of β-amino-alcohol motifs (C(OH)–C–C–N with tert-alkyl or cyclic N) is 1. The fourth-order valence-electron chi connectivity index (χ4n) is 2.13. The predicted molar refractivity (Wildman–Crippen MR) is 68.8 cm³/mol. The molecular weight excluding hydrogens is 268 g/mol. The van der Waals surface area contributed by atoms with E-state index in [-0.39, 0.29) is 0 Å². The van der Waals surface area contributed by atoms with Gasteiger partial charge in [-0.05, 0) is 54.2 Å². The predicted octanol–water partition coefficient (Wildman–Crippen LogP) is 2.37. The van der Waals surface area contributed by atoms with E-state index in [1.165, 1.54) is 5.56 Å². The molecule has 1 N–H and O–H groups in total. The van der Waals surface area contributed by atoms with Crippen molar-refractivity contribution in [2.45, 2.75) is 32.3 Å². The van der Waals surface area contributed by atoms with Crippen molar-refractivity contribution in [3.05, 3.63) is 22.3 Å². The molecule has 0 atom stereocenters. The van der Waals surface area contributed by atoms with E-state index in [2.05, 4.69) is 31.9 Å². The van der Waals surface area contributed by atoms with E-state index >= 15 is 0 Å². The van der Waals surface area contributed by atoms with Gasteiger partial charge in [0.15, 0.2) is 0 Å². The second-order valence-electron chi connectivity index (χ2n) is 4.97. The maximum Gasteiger partial charge on any atom is 0.131 e. The highest BCUT2D eigenvalue weighted by Crippen LogP contribution is 2.28. The van der Waals surface area contributed by atoms with Gasteiger partial charge in [0, 0.05) is 23.8 Å². The lowest BCUT2D eigenvalue weighted by molar-refractivity contribution is 0.0868. The maximum atomic E-state index is 9.87. The first-order valence-electron chi connectivity index (χ1n) is 5.57. The van der Waals surface area contributed by atoms with Gasteiger partial charge in [-0.15, -0.1) is 0 Å².